The van der Waals surface area contributed by atoms with Gasteiger partial charge < -0.3 is 84.8 Å². The molecule has 0 aromatic rings. The summed E-state index contributed by atoms with van der Waals surface area (Å²) in [6.45, 7) is -2.11. The fourth-order valence-corrected chi connectivity index (χ4v) is 5.03. The lowest BCUT2D eigenvalue weighted by Gasteiger charge is -2.46. The van der Waals surface area contributed by atoms with Crippen molar-refractivity contribution < 1.29 is 84.3 Å². The SMILES string of the molecule is [N-]=[N+]=NCCCCC(=O)NCCO[C@H]1O[C@H](CO[C@H]2O[C@H](CO)[C@@H](O)[C@H](O)[C@@H]2O)[C@@H](O)[C@H](O[C@H]2O[C@H](CO)[C@@H](O)[C@H](O)[C@@H]2O)[C@@H]1O. The van der Waals surface area contributed by atoms with E-state index in [1.54, 1.807) is 0 Å². The van der Waals surface area contributed by atoms with Gasteiger partial charge in [0, 0.05) is 24.4 Å². The molecule has 0 aromatic carbocycles. The molecule has 3 rings (SSSR count). The van der Waals surface area contributed by atoms with Crippen LogP contribution in [0.3, 0.4) is 0 Å². The molecule has 21 heteroatoms. The van der Waals surface area contributed by atoms with E-state index in [1.807, 2.05) is 0 Å². The predicted molar refractivity (Wildman–Crippen MR) is 146 cm³/mol. The van der Waals surface area contributed by atoms with Crippen molar-refractivity contribution in [2.24, 2.45) is 5.11 Å². The van der Waals surface area contributed by atoms with E-state index in [4.69, 9.17) is 34.0 Å². The Hall–Kier alpha value is -1.86. The third-order valence-corrected chi connectivity index (χ3v) is 7.74. The van der Waals surface area contributed by atoms with Crippen LogP contribution in [0.15, 0.2) is 5.11 Å². The second kappa shape index (κ2) is 18.6. The molecule has 46 heavy (non-hydrogen) atoms. The van der Waals surface area contributed by atoms with Crippen molar-refractivity contribution in [2.45, 2.75) is 111 Å². The van der Waals surface area contributed by atoms with Crippen LogP contribution in [0.1, 0.15) is 19.3 Å². The average molecular weight is 673 g/mol. The molecular formula is C25H44N4O17. The standard InChI is InChI=1S/C25H44N4O17/c26-29-28-4-2-1-3-13(32)27-5-6-41-24-21(40)22(46-25-20(39)18(37)15(34)11(8-31)44-25)16(35)12(45-24)9-42-23-19(38)17(36)14(33)10(7-30)43-23/h10-12,14-25,30-31,33-40H,1-9H2,(H,27,32)/t10-,11-,12-,14-,15-,16-,17+,18+,19+,20+,21+,22+,23+,24+,25-/m1/s1. The Kier molecular flexibility index (Phi) is 15.6. The normalized spacial score (nSPS) is 41.5. The van der Waals surface area contributed by atoms with Crippen LogP contribution in [0.5, 0.6) is 0 Å². The van der Waals surface area contributed by atoms with E-state index in [1.165, 1.54) is 0 Å². The number of rotatable bonds is 16. The zero-order valence-electron chi connectivity index (χ0n) is 24.7. The fraction of sp³-hybridized carbons (Fsp3) is 0.960. The number of hydrogen-bond acceptors (Lipinski definition) is 18. The van der Waals surface area contributed by atoms with Gasteiger partial charge in [0.15, 0.2) is 18.9 Å². The highest BCUT2D eigenvalue weighted by molar-refractivity contribution is 5.75. The molecule has 0 radical (unpaired) electrons. The molecule has 3 saturated heterocycles. The number of aliphatic hydroxyl groups is 10. The molecule has 0 aromatic heterocycles. The van der Waals surface area contributed by atoms with Gasteiger partial charge in [0.05, 0.1) is 26.4 Å². The molecule has 21 nitrogen and oxygen atoms in total. The van der Waals surface area contributed by atoms with E-state index < -0.39 is 112 Å². The van der Waals surface area contributed by atoms with Gasteiger partial charge in [-0.1, -0.05) is 5.11 Å². The van der Waals surface area contributed by atoms with Gasteiger partial charge in [-0.25, -0.2) is 0 Å². The van der Waals surface area contributed by atoms with Gasteiger partial charge in [-0.2, -0.15) is 0 Å². The highest BCUT2D eigenvalue weighted by Gasteiger charge is 2.52. The Morgan fingerprint density at radius 2 is 1.28 bits per heavy atom. The second-order valence-corrected chi connectivity index (χ2v) is 11.0. The van der Waals surface area contributed by atoms with Gasteiger partial charge in [0.1, 0.15) is 73.2 Å². The van der Waals surface area contributed by atoms with E-state index in [2.05, 4.69) is 15.3 Å². The molecule has 3 aliphatic heterocycles. The van der Waals surface area contributed by atoms with Crippen molar-refractivity contribution in [2.75, 3.05) is 39.5 Å². The van der Waals surface area contributed by atoms with Crippen LogP contribution in [0.2, 0.25) is 0 Å². The van der Waals surface area contributed by atoms with E-state index in [-0.39, 0.29) is 32.0 Å². The topological polar surface area (TPSA) is 336 Å². The first kappa shape index (κ1) is 38.6. The lowest BCUT2D eigenvalue weighted by Crippen LogP contribution is -2.65. The molecular weight excluding hydrogens is 628 g/mol. The molecule has 0 bridgehead atoms. The molecule has 1 amide bonds. The zero-order valence-corrected chi connectivity index (χ0v) is 24.7. The number of amides is 1. The monoisotopic (exact) mass is 672 g/mol. The summed E-state index contributed by atoms with van der Waals surface area (Å²) in [6.07, 6.45) is -23.7. The summed E-state index contributed by atoms with van der Waals surface area (Å²) >= 11 is 0. The number of ether oxygens (including phenoxy) is 6. The summed E-state index contributed by atoms with van der Waals surface area (Å²) in [6, 6.07) is 0. The maximum absolute atomic E-state index is 12.0. The van der Waals surface area contributed by atoms with Gasteiger partial charge in [-0.3, -0.25) is 4.79 Å². The largest absolute Gasteiger partial charge is 0.394 e. The van der Waals surface area contributed by atoms with Crippen LogP contribution in [-0.4, -0.2) is 189 Å². The molecule has 3 aliphatic rings. The van der Waals surface area contributed by atoms with E-state index in [0.717, 1.165) is 0 Å². The van der Waals surface area contributed by atoms with Gasteiger partial charge >= 0.3 is 0 Å². The second-order valence-electron chi connectivity index (χ2n) is 11.0. The average Bonchev–Trinajstić information content (AvgIpc) is 3.04. The van der Waals surface area contributed by atoms with Crippen molar-refractivity contribution in [3.05, 3.63) is 10.4 Å². The van der Waals surface area contributed by atoms with Crippen molar-refractivity contribution in [1.82, 2.24) is 5.32 Å². The minimum absolute atomic E-state index is 0.0331. The maximum Gasteiger partial charge on any atom is 0.220 e. The fourth-order valence-electron chi connectivity index (χ4n) is 5.03. The van der Waals surface area contributed by atoms with Gasteiger partial charge in [-0.15, -0.1) is 0 Å². The number of azide groups is 1. The lowest BCUT2D eigenvalue weighted by atomic mass is 9.96. The highest BCUT2D eigenvalue weighted by atomic mass is 16.7. The van der Waals surface area contributed by atoms with Gasteiger partial charge in [0.25, 0.3) is 0 Å². The number of nitrogens with zero attached hydrogens (tertiary/aromatic N) is 3. The first-order chi connectivity index (χ1) is 21.9. The molecule has 266 valence electrons. The van der Waals surface area contributed by atoms with Crippen molar-refractivity contribution in [3.63, 3.8) is 0 Å². The number of hydrogen-bond donors (Lipinski definition) is 11. The minimum atomic E-state index is -1.88. The van der Waals surface area contributed by atoms with Crippen LogP contribution >= 0.6 is 0 Å². The highest BCUT2D eigenvalue weighted by Crippen LogP contribution is 2.31. The number of aliphatic hydroxyl groups excluding tert-OH is 10. The molecule has 0 saturated carbocycles. The number of carbonyl (C=O) groups is 1. The van der Waals surface area contributed by atoms with Crippen molar-refractivity contribution >= 4 is 5.91 Å². The van der Waals surface area contributed by atoms with E-state index in [9.17, 15) is 55.9 Å². The Bertz CT molecular complexity index is 977. The van der Waals surface area contributed by atoms with Crippen LogP contribution in [-0.2, 0) is 33.2 Å². The first-order valence-corrected chi connectivity index (χ1v) is 14.7. The zero-order chi connectivity index (χ0) is 34.0. The Balaban J connectivity index is 1.67. The summed E-state index contributed by atoms with van der Waals surface area (Å²) in [5, 5.41) is 108. The minimum Gasteiger partial charge on any atom is -0.394 e. The molecule has 11 N–H and O–H groups in total. The Morgan fingerprint density at radius 3 is 1.89 bits per heavy atom. The summed E-state index contributed by atoms with van der Waals surface area (Å²) in [5.74, 6) is -0.320. The lowest BCUT2D eigenvalue weighted by molar-refractivity contribution is -0.366. The van der Waals surface area contributed by atoms with Crippen molar-refractivity contribution in [3.8, 4) is 0 Å². The summed E-state index contributed by atoms with van der Waals surface area (Å²) < 4.78 is 33.0. The smallest absolute Gasteiger partial charge is 0.220 e. The molecule has 15 atom stereocenters. The quantitative estimate of drug-likeness (QED) is 0.0314. The van der Waals surface area contributed by atoms with Crippen molar-refractivity contribution in [1.29, 1.82) is 0 Å². The van der Waals surface area contributed by atoms with E-state index in [0.29, 0.717) is 12.8 Å². The van der Waals surface area contributed by atoms with Crippen LogP contribution < -0.4 is 5.32 Å². The van der Waals surface area contributed by atoms with Crippen LogP contribution in [0.25, 0.3) is 10.4 Å². The predicted octanol–water partition coefficient (Wildman–Crippen LogP) is -5.95. The molecule has 0 aliphatic carbocycles. The maximum atomic E-state index is 12.0. The van der Waals surface area contributed by atoms with E-state index >= 15 is 0 Å². The Morgan fingerprint density at radius 1 is 0.717 bits per heavy atom. The Labute approximate surface area is 262 Å². The third kappa shape index (κ3) is 9.84. The third-order valence-electron chi connectivity index (χ3n) is 7.74. The van der Waals surface area contributed by atoms with Crippen LogP contribution in [0, 0.1) is 0 Å². The molecule has 3 heterocycles. The molecule has 3 fully saturated rings. The van der Waals surface area contributed by atoms with Crippen LogP contribution in [0.4, 0.5) is 0 Å². The number of carbonyl (C=O) groups excluding carboxylic acids is 1. The summed E-state index contributed by atoms with van der Waals surface area (Å²) in [7, 11) is 0. The van der Waals surface area contributed by atoms with Gasteiger partial charge in [-0.05, 0) is 18.4 Å². The molecule has 0 unspecified atom stereocenters. The number of nitrogens with one attached hydrogen (secondary N) is 1. The summed E-state index contributed by atoms with van der Waals surface area (Å²) in [4.78, 5) is 14.7. The first-order valence-electron chi connectivity index (χ1n) is 14.7. The number of unbranched alkanes of at least 4 members (excludes halogenated alkanes) is 1. The molecule has 0 spiro atoms. The summed E-state index contributed by atoms with van der Waals surface area (Å²) in [5.41, 5.74) is 8.28. The van der Waals surface area contributed by atoms with Gasteiger partial charge in [0.2, 0.25) is 5.91 Å².